The number of fused-ring (bicyclic) bond motifs is 5. The van der Waals surface area contributed by atoms with Crippen LogP contribution in [-0.4, -0.2) is 30.8 Å². The molecule has 1 unspecified atom stereocenters. The molecule has 0 saturated heterocycles. The van der Waals surface area contributed by atoms with E-state index in [1.54, 1.807) is 12.4 Å². The van der Waals surface area contributed by atoms with Gasteiger partial charge >= 0.3 is 0 Å². The topological polar surface area (TPSA) is 60.9 Å². The van der Waals surface area contributed by atoms with E-state index >= 15 is 0 Å². The van der Waals surface area contributed by atoms with E-state index in [0.717, 1.165) is 47.2 Å². The summed E-state index contributed by atoms with van der Waals surface area (Å²) in [5.41, 5.74) is 3.99. The van der Waals surface area contributed by atoms with Crippen molar-refractivity contribution in [2.45, 2.75) is 31.6 Å². The largest absolute Gasteiger partial charge is 0.491 e. The van der Waals surface area contributed by atoms with Gasteiger partial charge in [0.1, 0.15) is 17.8 Å². The van der Waals surface area contributed by atoms with Crippen LogP contribution in [0.3, 0.4) is 0 Å². The number of carbonyl (C=O) groups excluding carboxylic acids is 1. The Morgan fingerprint density at radius 3 is 2.62 bits per heavy atom. The van der Waals surface area contributed by atoms with Crippen LogP contribution >= 0.6 is 0 Å². The maximum Gasteiger partial charge on any atom is 0.245 e. The molecule has 32 heavy (non-hydrogen) atoms. The number of ether oxygens (including phenoxy) is 3. The molecule has 3 aliphatic heterocycles. The SMILES string of the molecule is CCCCCN1C(=O)C2(COc3cc4c(cc32)OCO4)c2c(-c3ccncc3)cccc21. The number of anilines is 1. The van der Waals surface area contributed by atoms with Crippen molar-refractivity contribution in [1.29, 1.82) is 0 Å². The first-order chi connectivity index (χ1) is 15.7. The van der Waals surface area contributed by atoms with Crippen molar-refractivity contribution >= 4 is 11.6 Å². The van der Waals surface area contributed by atoms with Gasteiger partial charge in [-0.3, -0.25) is 9.78 Å². The van der Waals surface area contributed by atoms with Gasteiger partial charge in [-0.05, 0) is 41.8 Å². The lowest BCUT2D eigenvalue weighted by molar-refractivity contribution is -0.122. The molecule has 1 aromatic heterocycles. The minimum absolute atomic E-state index is 0.0720. The van der Waals surface area contributed by atoms with Crippen LogP contribution in [0.1, 0.15) is 37.3 Å². The third kappa shape index (κ3) is 2.58. The molecule has 1 spiro atoms. The lowest BCUT2D eigenvalue weighted by atomic mass is 9.74. The summed E-state index contributed by atoms with van der Waals surface area (Å²) >= 11 is 0. The molecule has 0 radical (unpaired) electrons. The van der Waals surface area contributed by atoms with E-state index < -0.39 is 5.41 Å². The molecule has 0 N–H and O–H groups in total. The Morgan fingerprint density at radius 2 is 1.81 bits per heavy atom. The molecule has 6 nitrogen and oxygen atoms in total. The van der Waals surface area contributed by atoms with Crippen molar-refractivity contribution in [2.24, 2.45) is 0 Å². The first-order valence-electron chi connectivity index (χ1n) is 11.2. The number of unbranched alkanes of at least 4 members (excludes halogenated alkanes) is 2. The fraction of sp³-hybridized carbons (Fsp3) is 0.308. The molecule has 0 saturated carbocycles. The van der Waals surface area contributed by atoms with Gasteiger partial charge in [-0.2, -0.15) is 0 Å². The zero-order valence-corrected chi connectivity index (χ0v) is 18.0. The molecular formula is C26H24N2O4. The summed E-state index contributed by atoms with van der Waals surface area (Å²) in [6.45, 7) is 3.32. The van der Waals surface area contributed by atoms with Crippen LogP contribution in [0.15, 0.2) is 54.9 Å². The van der Waals surface area contributed by atoms with Crippen LogP contribution in [0.25, 0.3) is 11.1 Å². The van der Waals surface area contributed by atoms with E-state index in [-0.39, 0.29) is 19.3 Å². The van der Waals surface area contributed by atoms with Crippen LogP contribution in [-0.2, 0) is 10.2 Å². The van der Waals surface area contributed by atoms with E-state index in [1.165, 1.54) is 0 Å². The summed E-state index contributed by atoms with van der Waals surface area (Å²) in [6, 6.07) is 13.9. The van der Waals surface area contributed by atoms with Crippen LogP contribution < -0.4 is 19.1 Å². The van der Waals surface area contributed by atoms with Gasteiger partial charge < -0.3 is 19.1 Å². The normalized spacial score (nSPS) is 19.9. The standard InChI is InChI=1S/C26H24N2O4/c1-2-3-4-12-28-20-7-5-6-18(17-8-10-27-11-9-17)24(20)26(25(28)29)15-30-21-14-23-22(13-19(21)26)31-16-32-23/h5-11,13-14H,2-4,12,15-16H2,1H3. The summed E-state index contributed by atoms with van der Waals surface area (Å²) in [5, 5.41) is 0. The number of amides is 1. The number of hydrogen-bond donors (Lipinski definition) is 0. The van der Waals surface area contributed by atoms with Gasteiger partial charge in [-0.25, -0.2) is 0 Å². The van der Waals surface area contributed by atoms with Crippen molar-refractivity contribution in [2.75, 3.05) is 24.8 Å². The molecule has 3 aliphatic rings. The Hall–Kier alpha value is -3.54. The highest BCUT2D eigenvalue weighted by Gasteiger charge is 2.58. The predicted molar refractivity (Wildman–Crippen MR) is 120 cm³/mol. The van der Waals surface area contributed by atoms with E-state index in [9.17, 15) is 4.79 Å². The zero-order chi connectivity index (χ0) is 21.7. The van der Waals surface area contributed by atoms with Gasteiger partial charge in [0.05, 0.1) is 0 Å². The van der Waals surface area contributed by atoms with E-state index in [2.05, 4.69) is 24.0 Å². The average Bonchev–Trinajstić information content (AvgIpc) is 3.50. The number of aromatic nitrogens is 1. The Balaban J connectivity index is 1.58. The quantitative estimate of drug-likeness (QED) is 0.552. The van der Waals surface area contributed by atoms with Crippen LogP contribution in [0.2, 0.25) is 0 Å². The summed E-state index contributed by atoms with van der Waals surface area (Å²) in [5.74, 6) is 2.08. The molecule has 0 fully saturated rings. The van der Waals surface area contributed by atoms with Gasteiger partial charge in [-0.15, -0.1) is 0 Å². The number of pyridine rings is 1. The molecule has 6 rings (SSSR count). The van der Waals surface area contributed by atoms with Crippen LogP contribution in [0.5, 0.6) is 17.2 Å². The summed E-state index contributed by atoms with van der Waals surface area (Å²) in [6.07, 6.45) is 6.73. The van der Waals surface area contributed by atoms with Crippen molar-refractivity contribution in [3.8, 4) is 28.4 Å². The first-order valence-corrected chi connectivity index (χ1v) is 11.2. The molecule has 0 aliphatic carbocycles. The maximum atomic E-state index is 14.2. The number of rotatable bonds is 5. The molecule has 6 heteroatoms. The van der Waals surface area contributed by atoms with Gasteiger partial charge in [0.2, 0.25) is 12.7 Å². The highest BCUT2D eigenvalue weighted by Crippen LogP contribution is 2.57. The van der Waals surface area contributed by atoms with Gasteiger partial charge in [0.15, 0.2) is 11.5 Å². The number of benzene rings is 2. The molecule has 3 aromatic rings. The van der Waals surface area contributed by atoms with Gasteiger partial charge in [0.25, 0.3) is 0 Å². The van der Waals surface area contributed by atoms with E-state index in [0.29, 0.717) is 23.8 Å². The lowest BCUT2D eigenvalue weighted by Gasteiger charge is -2.24. The van der Waals surface area contributed by atoms with Gasteiger partial charge in [0, 0.05) is 41.8 Å². The van der Waals surface area contributed by atoms with Crippen molar-refractivity contribution < 1.29 is 19.0 Å². The summed E-state index contributed by atoms with van der Waals surface area (Å²) in [4.78, 5) is 20.3. The van der Waals surface area contributed by atoms with E-state index in [4.69, 9.17) is 14.2 Å². The first kappa shape index (κ1) is 19.2. The second-order valence-electron chi connectivity index (χ2n) is 8.50. The molecule has 1 atom stereocenters. The third-order valence-corrected chi connectivity index (χ3v) is 6.73. The molecule has 0 bridgehead atoms. The minimum Gasteiger partial charge on any atom is -0.491 e. The van der Waals surface area contributed by atoms with Crippen molar-refractivity contribution in [3.05, 3.63) is 66.0 Å². The van der Waals surface area contributed by atoms with Crippen molar-refractivity contribution in [3.63, 3.8) is 0 Å². The monoisotopic (exact) mass is 428 g/mol. The Bertz CT molecular complexity index is 1210. The second-order valence-corrected chi connectivity index (χ2v) is 8.50. The Kier molecular flexibility index (Phi) is 4.35. The molecule has 4 heterocycles. The van der Waals surface area contributed by atoms with Crippen molar-refractivity contribution in [1.82, 2.24) is 4.98 Å². The highest BCUT2D eigenvalue weighted by molar-refractivity contribution is 6.13. The lowest BCUT2D eigenvalue weighted by Crippen LogP contribution is -2.43. The van der Waals surface area contributed by atoms with Gasteiger partial charge in [-0.1, -0.05) is 31.9 Å². The number of carbonyl (C=O) groups is 1. The molecule has 2 aromatic carbocycles. The predicted octanol–water partition coefficient (Wildman–Crippen LogP) is 4.69. The smallest absolute Gasteiger partial charge is 0.245 e. The van der Waals surface area contributed by atoms with Crippen LogP contribution in [0.4, 0.5) is 5.69 Å². The highest BCUT2D eigenvalue weighted by atomic mass is 16.7. The number of nitrogens with zero attached hydrogens (tertiary/aromatic N) is 2. The van der Waals surface area contributed by atoms with Crippen LogP contribution in [0, 0.1) is 0 Å². The summed E-state index contributed by atoms with van der Waals surface area (Å²) in [7, 11) is 0. The second kappa shape index (κ2) is 7.26. The zero-order valence-electron chi connectivity index (χ0n) is 18.0. The minimum atomic E-state index is -0.905. The molecule has 1 amide bonds. The fourth-order valence-electron chi connectivity index (χ4n) is 5.20. The molecule has 162 valence electrons. The van der Waals surface area contributed by atoms with E-state index in [1.807, 2.05) is 35.2 Å². The third-order valence-electron chi connectivity index (χ3n) is 6.73. The Morgan fingerprint density at radius 1 is 1.00 bits per heavy atom. The Labute approximate surface area is 186 Å². The molecular weight excluding hydrogens is 404 g/mol. The summed E-state index contributed by atoms with van der Waals surface area (Å²) < 4.78 is 17.4. The fourth-order valence-corrected chi connectivity index (χ4v) is 5.20. The maximum absolute atomic E-state index is 14.2. The average molecular weight is 428 g/mol. The number of hydrogen-bond acceptors (Lipinski definition) is 5.